The van der Waals surface area contributed by atoms with Crippen molar-refractivity contribution >= 4 is 0 Å². The van der Waals surface area contributed by atoms with Crippen LogP contribution in [0.5, 0.6) is 0 Å². The monoisotopic (exact) mass is 201 g/mol. The minimum Gasteiger partial charge on any atom is -0.297 e. The molecule has 0 radical (unpaired) electrons. The van der Waals surface area contributed by atoms with E-state index in [4.69, 9.17) is 0 Å². The van der Waals surface area contributed by atoms with Gasteiger partial charge in [-0.2, -0.15) is 0 Å². The quantitative estimate of drug-likeness (QED) is 0.588. The minimum absolute atomic E-state index is 0.444. The molecule has 0 fully saturated rings. The lowest BCUT2D eigenvalue weighted by Crippen LogP contribution is -2.39. The fourth-order valence-corrected chi connectivity index (χ4v) is 1.54. The Morgan fingerprint density at radius 2 is 1.93 bits per heavy atom. The summed E-state index contributed by atoms with van der Waals surface area (Å²) in [5.41, 5.74) is -1.14. The molecule has 0 spiro atoms. The zero-order valence-corrected chi connectivity index (χ0v) is 10.2. The summed E-state index contributed by atoms with van der Waals surface area (Å²) in [5, 5.41) is 0. The van der Waals surface area contributed by atoms with E-state index in [-0.39, 0.29) is 0 Å². The summed E-state index contributed by atoms with van der Waals surface area (Å²) in [6, 6.07) is 0.444. The Labute approximate surface area is 88.0 Å². The lowest BCUT2D eigenvalue weighted by molar-refractivity contribution is 0.132. The van der Waals surface area contributed by atoms with E-state index in [9.17, 15) is 4.39 Å². The maximum Gasteiger partial charge on any atom is 0.138 e. The molecule has 1 aliphatic rings. The summed E-state index contributed by atoms with van der Waals surface area (Å²) in [6.07, 6.45) is 4.61. The number of nitrogens with zero attached hydrogens (tertiary/aromatic N) is 1. The first-order valence-corrected chi connectivity index (χ1v) is 5.62. The molecule has 0 aromatic rings. The van der Waals surface area contributed by atoms with Crippen LogP contribution in [0.25, 0.3) is 0 Å². The predicted molar refractivity (Wildman–Crippen MR) is 61.3 cm³/mol. The molecule has 2 heteroatoms. The van der Waals surface area contributed by atoms with E-state index in [1.54, 1.807) is 13.0 Å². The summed E-state index contributed by atoms with van der Waals surface area (Å²) < 4.78 is 13.6. The fourth-order valence-electron chi connectivity index (χ4n) is 1.54. The first-order valence-electron chi connectivity index (χ1n) is 5.62. The van der Waals surface area contributed by atoms with E-state index >= 15 is 0 Å². The molecule has 0 saturated heterocycles. The van der Waals surface area contributed by atoms with E-state index in [0.717, 1.165) is 13.0 Å². The van der Waals surface area contributed by atoms with Gasteiger partial charge in [-0.25, -0.2) is 4.39 Å². The van der Waals surface area contributed by atoms with E-state index < -0.39 is 5.67 Å². The minimum atomic E-state index is -1.14. The molecule has 0 saturated carbocycles. The van der Waals surface area contributed by atoms with Crippen molar-refractivity contribution in [2.75, 3.05) is 13.1 Å². The third-order valence-corrected chi connectivity index (χ3v) is 2.29. The molecule has 0 aliphatic carbocycles. The SMILES string of the molecule is CC.CC(C)N1CCC=CC(C)(F)C1. The van der Waals surface area contributed by atoms with Crippen molar-refractivity contribution in [3.63, 3.8) is 0 Å². The van der Waals surface area contributed by atoms with Crippen molar-refractivity contribution in [3.05, 3.63) is 12.2 Å². The standard InChI is InChI=1S/C10H18FN.C2H6/c1-9(2)12-7-5-4-6-10(3,11)8-12;1-2/h4,6,9H,5,7-8H2,1-3H3;1-2H3. The van der Waals surface area contributed by atoms with Crippen LogP contribution in [0.4, 0.5) is 4.39 Å². The van der Waals surface area contributed by atoms with Gasteiger partial charge in [0.05, 0.1) is 0 Å². The lowest BCUT2D eigenvalue weighted by atomic mass is 10.1. The maximum absolute atomic E-state index is 13.6. The van der Waals surface area contributed by atoms with Crippen molar-refractivity contribution in [3.8, 4) is 0 Å². The second kappa shape index (κ2) is 6.18. The van der Waals surface area contributed by atoms with Gasteiger partial charge in [0.1, 0.15) is 5.67 Å². The van der Waals surface area contributed by atoms with E-state index in [1.165, 1.54) is 0 Å². The molecular formula is C12H24FN. The molecule has 1 rings (SSSR count). The number of halogens is 1. The molecule has 0 N–H and O–H groups in total. The Hall–Kier alpha value is -0.370. The summed E-state index contributed by atoms with van der Waals surface area (Å²) in [6.45, 7) is 11.4. The second-order valence-electron chi connectivity index (χ2n) is 4.03. The Kier molecular flexibility index (Phi) is 6.01. The first kappa shape index (κ1) is 13.6. The van der Waals surface area contributed by atoms with Crippen LogP contribution in [0.2, 0.25) is 0 Å². The summed E-state index contributed by atoms with van der Waals surface area (Å²) >= 11 is 0. The second-order valence-corrected chi connectivity index (χ2v) is 4.03. The molecule has 1 heterocycles. The summed E-state index contributed by atoms with van der Waals surface area (Å²) in [4.78, 5) is 2.18. The van der Waals surface area contributed by atoms with Crippen LogP contribution in [0.15, 0.2) is 12.2 Å². The summed E-state index contributed by atoms with van der Waals surface area (Å²) in [7, 11) is 0. The van der Waals surface area contributed by atoms with Crippen LogP contribution in [0.1, 0.15) is 41.0 Å². The molecule has 84 valence electrons. The van der Waals surface area contributed by atoms with Crippen LogP contribution >= 0.6 is 0 Å². The number of hydrogen-bond acceptors (Lipinski definition) is 1. The van der Waals surface area contributed by atoms with Crippen LogP contribution in [-0.2, 0) is 0 Å². The van der Waals surface area contributed by atoms with E-state index in [1.807, 2.05) is 19.9 Å². The maximum atomic E-state index is 13.6. The molecule has 0 aromatic carbocycles. The zero-order chi connectivity index (χ0) is 11.2. The highest BCUT2D eigenvalue weighted by atomic mass is 19.1. The van der Waals surface area contributed by atoms with Crippen molar-refractivity contribution in [2.45, 2.75) is 52.8 Å². The molecular weight excluding hydrogens is 177 g/mol. The Balaban J connectivity index is 0.000000791. The highest BCUT2D eigenvalue weighted by molar-refractivity contribution is 5.03. The summed E-state index contributed by atoms with van der Waals surface area (Å²) in [5.74, 6) is 0. The van der Waals surface area contributed by atoms with Gasteiger partial charge in [0.15, 0.2) is 0 Å². The number of alkyl halides is 1. The van der Waals surface area contributed by atoms with Crippen molar-refractivity contribution in [2.24, 2.45) is 0 Å². The third-order valence-electron chi connectivity index (χ3n) is 2.29. The van der Waals surface area contributed by atoms with Crippen LogP contribution in [0, 0.1) is 0 Å². The third kappa shape index (κ3) is 4.75. The van der Waals surface area contributed by atoms with Gasteiger partial charge in [-0.15, -0.1) is 0 Å². The average Bonchev–Trinajstić information content (AvgIpc) is 2.30. The van der Waals surface area contributed by atoms with Crippen molar-refractivity contribution < 1.29 is 4.39 Å². The predicted octanol–water partition coefficient (Wildman–Crippen LogP) is 3.41. The molecule has 1 atom stereocenters. The lowest BCUT2D eigenvalue weighted by Gasteiger charge is -2.29. The van der Waals surface area contributed by atoms with Gasteiger partial charge < -0.3 is 0 Å². The smallest absolute Gasteiger partial charge is 0.138 e. The normalized spacial score (nSPS) is 28.2. The highest BCUT2D eigenvalue weighted by Crippen LogP contribution is 2.19. The Morgan fingerprint density at radius 3 is 2.43 bits per heavy atom. The van der Waals surface area contributed by atoms with Gasteiger partial charge in [0.2, 0.25) is 0 Å². The zero-order valence-electron chi connectivity index (χ0n) is 10.2. The van der Waals surface area contributed by atoms with Gasteiger partial charge in [-0.3, -0.25) is 4.90 Å². The Morgan fingerprint density at radius 1 is 1.36 bits per heavy atom. The average molecular weight is 201 g/mol. The molecule has 1 nitrogen and oxygen atoms in total. The van der Waals surface area contributed by atoms with Crippen LogP contribution in [0.3, 0.4) is 0 Å². The molecule has 14 heavy (non-hydrogen) atoms. The fraction of sp³-hybridized carbons (Fsp3) is 0.833. The number of hydrogen-bond donors (Lipinski definition) is 0. The van der Waals surface area contributed by atoms with Crippen molar-refractivity contribution in [1.82, 2.24) is 4.90 Å². The molecule has 1 unspecified atom stereocenters. The van der Waals surface area contributed by atoms with E-state index in [0.29, 0.717) is 12.6 Å². The van der Waals surface area contributed by atoms with Crippen LogP contribution < -0.4 is 0 Å². The van der Waals surface area contributed by atoms with Gasteiger partial charge in [-0.05, 0) is 27.2 Å². The van der Waals surface area contributed by atoms with Crippen molar-refractivity contribution in [1.29, 1.82) is 0 Å². The van der Waals surface area contributed by atoms with Gasteiger partial charge in [0.25, 0.3) is 0 Å². The first-order chi connectivity index (χ1) is 6.51. The number of rotatable bonds is 1. The Bertz CT molecular complexity index is 173. The van der Waals surface area contributed by atoms with Gasteiger partial charge in [-0.1, -0.05) is 26.0 Å². The molecule has 0 aromatic heterocycles. The van der Waals surface area contributed by atoms with Gasteiger partial charge in [0, 0.05) is 19.1 Å². The topological polar surface area (TPSA) is 3.24 Å². The molecule has 0 amide bonds. The highest BCUT2D eigenvalue weighted by Gasteiger charge is 2.26. The van der Waals surface area contributed by atoms with Crippen LogP contribution in [-0.4, -0.2) is 29.7 Å². The molecule has 0 bridgehead atoms. The molecule has 1 aliphatic heterocycles. The van der Waals surface area contributed by atoms with E-state index in [2.05, 4.69) is 18.7 Å². The van der Waals surface area contributed by atoms with Gasteiger partial charge >= 0.3 is 0 Å². The largest absolute Gasteiger partial charge is 0.297 e.